The molecule has 1 aromatic carbocycles. The molecule has 17 heavy (non-hydrogen) atoms. The third kappa shape index (κ3) is 4.42. The summed E-state index contributed by atoms with van der Waals surface area (Å²) in [5, 5.41) is 20.1. The highest BCUT2D eigenvalue weighted by atomic mass is 35.5. The van der Waals surface area contributed by atoms with Gasteiger partial charge in [-0.25, -0.2) is 4.79 Å². The number of carboxylic acid groups (broad SMARTS) is 1. The highest BCUT2D eigenvalue weighted by Gasteiger charge is 2.18. The van der Waals surface area contributed by atoms with E-state index in [4.69, 9.17) is 21.8 Å². The minimum absolute atomic E-state index is 0.0426. The Morgan fingerprint density at radius 1 is 1.29 bits per heavy atom. The molecular weight excluding hydrogens is 246 g/mol. The second-order valence-electron chi connectivity index (χ2n) is 3.44. The van der Waals surface area contributed by atoms with Crippen LogP contribution in [0.25, 0.3) is 0 Å². The SMILES string of the molecule is O=C(Cc1ccc(Cl)cc1)N[C@H](CO)C(=O)O. The lowest BCUT2D eigenvalue weighted by Gasteiger charge is -2.11. The Morgan fingerprint density at radius 3 is 2.35 bits per heavy atom. The standard InChI is InChI=1S/C11H12ClNO4/c12-8-3-1-7(2-4-8)5-10(15)13-9(6-14)11(16)17/h1-4,9,14H,5-6H2,(H,13,15)(H,16,17)/t9-/m1/s1. The van der Waals surface area contributed by atoms with Gasteiger partial charge in [0.2, 0.25) is 5.91 Å². The van der Waals surface area contributed by atoms with Gasteiger partial charge in [0.05, 0.1) is 13.0 Å². The van der Waals surface area contributed by atoms with Crippen molar-refractivity contribution in [2.75, 3.05) is 6.61 Å². The molecule has 0 heterocycles. The summed E-state index contributed by atoms with van der Waals surface area (Å²) in [6.45, 7) is -0.637. The molecule has 0 aliphatic carbocycles. The molecule has 0 saturated carbocycles. The zero-order chi connectivity index (χ0) is 12.8. The summed E-state index contributed by atoms with van der Waals surface area (Å²) in [6.07, 6.45) is 0.0426. The molecule has 1 rings (SSSR count). The Labute approximate surface area is 103 Å². The van der Waals surface area contributed by atoms with Crippen molar-refractivity contribution in [2.24, 2.45) is 0 Å². The van der Waals surface area contributed by atoms with Crippen LogP contribution in [0.15, 0.2) is 24.3 Å². The van der Waals surface area contributed by atoms with E-state index in [0.717, 1.165) is 0 Å². The highest BCUT2D eigenvalue weighted by molar-refractivity contribution is 6.30. The molecule has 0 radical (unpaired) electrons. The average molecular weight is 258 g/mol. The van der Waals surface area contributed by atoms with Gasteiger partial charge in [-0.15, -0.1) is 0 Å². The summed E-state index contributed by atoms with van der Waals surface area (Å²) in [6, 6.07) is 5.37. The van der Waals surface area contributed by atoms with E-state index in [1.165, 1.54) is 0 Å². The van der Waals surface area contributed by atoms with E-state index in [1.54, 1.807) is 24.3 Å². The van der Waals surface area contributed by atoms with Crippen LogP contribution in [-0.4, -0.2) is 34.7 Å². The Bertz CT molecular complexity index is 404. The molecule has 92 valence electrons. The smallest absolute Gasteiger partial charge is 0.328 e. The molecule has 0 spiro atoms. The van der Waals surface area contributed by atoms with E-state index in [0.29, 0.717) is 10.6 Å². The number of halogens is 1. The third-order valence-corrected chi connectivity index (χ3v) is 2.35. The number of hydrogen-bond acceptors (Lipinski definition) is 3. The Hall–Kier alpha value is -1.59. The number of amides is 1. The largest absolute Gasteiger partial charge is 0.480 e. The van der Waals surface area contributed by atoms with Gasteiger partial charge >= 0.3 is 5.97 Å². The van der Waals surface area contributed by atoms with E-state index in [9.17, 15) is 9.59 Å². The van der Waals surface area contributed by atoms with Gasteiger partial charge < -0.3 is 15.5 Å². The van der Waals surface area contributed by atoms with Crippen LogP contribution in [-0.2, 0) is 16.0 Å². The number of nitrogens with one attached hydrogen (secondary N) is 1. The minimum Gasteiger partial charge on any atom is -0.480 e. The Morgan fingerprint density at radius 2 is 1.88 bits per heavy atom. The molecule has 0 aliphatic rings. The second kappa shape index (κ2) is 6.22. The molecule has 0 saturated heterocycles. The van der Waals surface area contributed by atoms with Gasteiger partial charge in [0.1, 0.15) is 6.04 Å². The number of aliphatic hydroxyl groups is 1. The molecule has 0 aromatic heterocycles. The highest BCUT2D eigenvalue weighted by Crippen LogP contribution is 2.09. The van der Waals surface area contributed by atoms with Crippen molar-refractivity contribution < 1.29 is 19.8 Å². The molecular formula is C11H12ClNO4. The Kier molecular flexibility index (Phi) is 4.93. The van der Waals surface area contributed by atoms with Crippen molar-refractivity contribution >= 4 is 23.5 Å². The van der Waals surface area contributed by atoms with Crippen LogP contribution in [0, 0.1) is 0 Å². The van der Waals surface area contributed by atoms with Crippen molar-refractivity contribution in [3.05, 3.63) is 34.9 Å². The zero-order valence-electron chi connectivity index (χ0n) is 8.89. The Balaban J connectivity index is 2.54. The van der Waals surface area contributed by atoms with Crippen molar-refractivity contribution in [1.82, 2.24) is 5.32 Å². The number of hydrogen-bond donors (Lipinski definition) is 3. The topological polar surface area (TPSA) is 86.6 Å². The van der Waals surface area contributed by atoms with Crippen LogP contribution in [0.4, 0.5) is 0 Å². The van der Waals surface area contributed by atoms with Gasteiger partial charge in [0, 0.05) is 5.02 Å². The molecule has 0 fully saturated rings. The van der Waals surface area contributed by atoms with Gasteiger partial charge in [-0.1, -0.05) is 23.7 Å². The number of rotatable bonds is 5. The van der Waals surface area contributed by atoms with E-state index in [2.05, 4.69) is 5.32 Å². The molecule has 5 nitrogen and oxygen atoms in total. The number of aliphatic carboxylic acids is 1. The predicted octanol–water partition coefficient (Wildman–Crippen LogP) is 0.444. The summed E-state index contributed by atoms with van der Waals surface area (Å²) in [7, 11) is 0. The van der Waals surface area contributed by atoms with Crippen LogP contribution < -0.4 is 5.32 Å². The molecule has 3 N–H and O–H groups in total. The quantitative estimate of drug-likeness (QED) is 0.715. The molecule has 1 amide bonds. The van der Waals surface area contributed by atoms with Crippen LogP contribution in [0.3, 0.4) is 0 Å². The maximum Gasteiger partial charge on any atom is 0.328 e. The van der Waals surface area contributed by atoms with Crippen LogP contribution >= 0.6 is 11.6 Å². The number of carbonyl (C=O) groups excluding carboxylic acids is 1. The summed E-state index contributed by atoms with van der Waals surface area (Å²) in [5.41, 5.74) is 0.717. The molecule has 1 atom stereocenters. The van der Waals surface area contributed by atoms with Gasteiger partial charge in [0.25, 0.3) is 0 Å². The molecule has 6 heteroatoms. The first kappa shape index (κ1) is 13.5. The lowest BCUT2D eigenvalue weighted by molar-refractivity contribution is -0.142. The normalized spacial score (nSPS) is 11.9. The van der Waals surface area contributed by atoms with Gasteiger partial charge in [-0.3, -0.25) is 4.79 Å². The lowest BCUT2D eigenvalue weighted by Crippen LogP contribution is -2.43. The first-order chi connectivity index (χ1) is 8.02. The van der Waals surface area contributed by atoms with E-state index in [-0.39, 0.29) is 6.42 Å². The molecule has 0 bridgehead atoms. The first-order valence-electron chi connectivity index (χ1n) is 4.90. The third-order valence-electron chi connectivity index (χ3n) is 2.09. The number of aliphatic hydroxyl groups excluding tert-OH is 1. The fraction of sp³-hybridized carbons (Fsp3) is 0.273. The summed E-state index contributed by atoms with van der Waals surface area (Å²) in [5.74, 6) is -1.73. The van der Waals surface area contributed by atoms with Crippen molar-refractivity contribution in [1.29, 1.82) is 0 Å². The monoisotopic (exact) mass is 257 g/mol. The van der Waals surface area contributed by atoms with E-state index >= 15 is 0 Å². The lowest BCUT2D eigenvalue weighted by atomic mass is 10.1. The molecule has 0 aliphatic heterocycles. The number of carboxylic acids is 1. The zero-order valence-corrected chi connectivity index (χ0v) is 9.65. The van der Waals surface area contributed by atoms with Gasteiger partial charge in [-0.2, -0.15) is 0 Å². The van der Waals surface area contributed by atoms with Crippen molar-refractivity contribution in [3.8, 4) is 0 Å². The van der Waals surface area contributed by atoms with Crippen LogP contribution in [0.5, 0.6) is 0 Å². The van der Waals surface area contributed by atoms with E-state index < -0.39 is 24.5 Å². The molecule has 0 unspecified atom stereocenters. The maximum atomic E-state index is 11.5. The number of benzene rings is 1. The summed E-state index contributed by atoms with van der Waals surface area (Å²) >= 11 is 5.69. The fourth-order valence-electron chi connectivity index (χ4n) is 1.22. The summed E-state index contributed by atoms with van der Waals surface area (Å²) < 4.78 is 0. The molecule has 1 aromatic rings. The first-order valence-corrected chi connectivity index (χ1v) is 5.28. The minimum atomic E-state index is -1.27. The number of carbonyl (C=O) groups is 2. The summed E-state index contributed by atoms with van der Waals surface area (Å²) in [4.78, 5) is 22.0. The van der Waals surface area contributed by atoms with Gasteiger partial charge in [-0.05, 0) is 17.7 Å². The van der Waals surface area contributed by atoms with Gasteiger partial charge in [0.15, 0.2) is 0 Å². The second-order valence-corrected chi connectivity index (χ2v) is 3.88. The van der Waals surface area contributed by atoms with Crippen LogP contribution in [0.1, 0.15) is 5.56 Å². The van der Waals surface area contributed by atoms with Crippen molar-refractivity contribution in [3.63, 3.8) is 0 Å². The van der Waals surface area contributed by atoms with E-state index in [1.807, 2.05) is 0 Å². The van der Waals surface area contributed by atoms with Crippen LogP contribution in [0.2, 0.25) is 5.02 Å². The fourth-order valence-corrected chi connectivity index (χ4v) is 1.34. The maximum absolute atomic E-state index is 11.5. The van der Waals surface area contributed by atoms with Crippen molar-refractivity contribution in [2.45, 2.75) is 12.5 Å². The predicted molar refractivity (Wildman–Crippen MR) is 61.8 cm³/mol. The average Bonchev–Trinajstić information content (AvgIpc) is 2.28.